The van der Waals surface area contributed by atoms with Crippen LogP contribution in [0.25, 0.3) is 0 Å². The fourth-order valence-corrected chi connectivity index (χ4v) is 1.51. The van der Waals surface area contributed by atoms with Gasteiger partial charge in [-0.25, -0.2) is 10.2 Å². The third kappa shape index (κ3) is 7.63. The van der Waals surface area contributed by atoms with Crippen LogP contribution >= 0.6 is 12.2 Å². The van der Waals surface area contributed by atoms with Crippen LogP contribution < -0.4 is 5.73 Å². The van der Waals surface area contributed by atoms with Gasteiger partial charge in [0.2, 0.25) is 0 Å². The van der Waals surface area contributed by atoms with Crippen LogP contribution in [0.3, 0.4) is 0 Å². The monoisotopic (exact) mass is 295 g/mol. The predicted molar refractivity (Wildman–Crippen MR) is 84.2 cm³/mol. The molecule has 1 aromatic carbocycles. The Hall–Kier alpha value is -1.75. The molecule has 0 aliphatic heterocycles. The molecule has 0 saturated carbocycles. The van der Waals surface area contributed by atoms with Gasteiger partial charge in [0.25, 0.3) is 0 Å². The van der Waals surface area contributed by atoms with Gasteiger partial charge in [-0.1, -0.05) is 13.8 Å². The summed E-state index contributed by atoms with van der Waals surface area (Å²) in [5.74, 6) is -0.294. The van der Waals surface area contributed by atoms with E-state index in [1.54, 1.807) is 29.4 Å². The Morgan fingerprint density at radius 2 is 1.85 bits per heavy atom. The van der Waals surface area contributed by atoms with Crippen molar-refractivity contribution < 1.29 is 9.53 Å². The summed E-state index contributed by atoms with van der Waals surface area (Å²) < 4.78 is 5.18. The number of esters is 1. The second-order valence-corrected chi connectivity index (χ2v) is 4.09. The Morgan fingerprint density at radius 3 is 2.30 bits per heavy atom. The van der Waals surface area contributed by atoms with Crippen LogP contribution in [0, 0.1) is 5.41 Å². The SMILES string of the molecule is CCN(CC)CCOC(=O)c1ccc(N)cc1.N=C=S. The fourth-order valence-electron chi connectivity index (χ4n) is 1.51. The molecule has 0 amide bonds. The molecule has 1 rings (SSSR count). The maximum Gasteiger partial charge on any atom is 0.338 e. The molecule has 0 radical (unpaired) electrons. The molecule has 0 atom stereocenters. The van der Waals surface area contributed by atoms with Crippen LogP contribution in [-0.2, 0) is 4.74 Å². The number of likely N-dealkylation sites (N-methyl/N-ethyl adjacent to an activating group) is 1. The van der Waals surface area contributed by atoms with Crippen molar-refractivity contribution in [2.45, 2.75) is 13.8 Å². The van der Waals surface area contributed by atoms with Crippen LogP contribution in [0.15, 0.2) is 24.3 Å². The molecule has 0 bridgehead atoms. The number of hydrogen-bond acceptors (Lipinski definition) is 6. The number of rotatable bonds is 6. The van der Waals surface area contributed by atoms with E-state index in [0.717, 1.165) is 19.6 Å². The molecule has 5 nitrogen and oxygen atoms in total. The third-order valence-electron chi connectivity index (χ3n) is 2.68. The van der Waals surface area contributed by atoms with Crippen LogP contribution in [0.4, 0.5) is 5.69 Å². The zero-order chi connectivity index (χ0) is 15.4. The van der Waals surface area contributed by atoms with E-state index in [1.165, 1.54) is 0 Å². The molecule has 110 valence electrons. The highest BCUT2D eigenvalue weighted by molar-refractivity contribution is 7.78. The molecular weight excluding hydrogens is 274 g/mol. The highest BCUT2D eigenvalue weighted by Crippen LogP contribution is 2.06. The summed E-state index contributed by atoms with van der Waals surface area (Å²) in [6.07, 6.45) is 0. The fraction of sp³-hybridized carbons (Fsp3) is 0.429. The van der Waals surface area contributed by atoms with Gasteiger partial charge in [-0.05, 0) is 49.6 Å². The molecule has 1 aromatic rings. The van der Waals surface area contributed by atoms with E-state index in [2.05, 4.69) is 31.0 Å². The number of nitrogens with one attached hydrogen (secondary N) is 1. The largest absolute Gasteiger partial charge is 0.461 e. The van der Waals surface area contributed by atoms with Crippen LogP contribution in [0.2, 0.25) is 0 Å². The van der Waals surface area contributed by atoms with Crippen LogP contribution in [0.5, 0.6) is 0 Å². The van der Waals surface area contributed by atoms with Crippen molar-refractivity contribution in [3.63, 3.8) is 0 Å². The summed E-state index contributed by atoms with van der Waals surface area (Å²) in [6, 6.07) is 6.74. The molecule has 0 aromatic heterocycles. The molecule has 0 spiro atoms. The van der Waals surface area contributed by atoms with Gasteiger partial charge < -0.3 is 15.4 Å². The Balaban J connectivity index is 0.00000110. The Kier molecular flexibility index (Phi) is 10.1. The average Bonchev–Trinajstić information content (AvgIpc) is 2.45. The lowest BCUT2D eigenvalue weighted by atomic mass is 10.2. The molecular formula is C14H21N3O2S. The third-order valence-corrected chi connectivity index (χ3v) is 2.68. The Bertz CT molecular complexity index is 425. The number of nitrogens with zero attached hydrogens (tertiary/aromatic N) is 1. The lowest BCUT2D eigenvalue weighted by Gasteiger charge is -2.17. The van der Waals surface area contributed by atoms with Crippen molar-refractivity contribution in [2.24, 2.45) is 0 Å². The number of thiocarbonyl (C=S) groups is 1. The van der Waals surface area contributed by atoms with Gasteiger partial charge in [0.05, 0.1) is 10.7 Å². The minimum Gasteiger partial charge on any atom is -0.461 e. The molecule has 0 saturated heterocycles. The summed E-state index contributed by atoms with van der Waals surface area (Å²) in [5.41, 5.74) is 6.73. The summed E-state index contributed by atoms with van der Waals surface area (Å²) in [4.78, 5) is 13.8. The number of anilines is 1. The highest BCUT2D eigenvalue weighted by Gasteiger charge is 2.07. The standard InChI is InChI=1S/C13H20N2O2.CHNS/c1-3-15(4-2)9-10-17-13(16)11-5-7-12(14)8-6-11;2-1-3/h5-8H,3-4,9-10,14H2,1-2H3;2H. The predicted octanol–water partition coefficient (Wildman–Crippen LogP) is 2.44. The van der Waals surface area contributed by atoms with Gasteiger partial charge in [-0.3, -0.25) is 0 Å². The average molecular weight is 295 g/mol. The molecule has 0 aliphatic carbocycles. The van der Waals surface area contributed by atoms with Crippen molar-refractivity contribution in [3.05, 3.63) is 29.8 Å². The molecule has 0 aliphatic rings. The second-order valence-electron chi connectivity index (χ2n) is 3.89. The second kappa shape index (κ2) is 11.1. The highest BCUT2D eigenvalue weighted by atomic mass is 32.1. The lowest BCUT2D eigenvalue weighted by Crippen LogP contribution is -2.27. The van der Waals surface area contributed by atoms with E-state index in [9.17, 15) is 4.79 Å². The summed E-state index contributed by atoms with van der Waals surface area (Å²) in [7, 11) is 0. The minimum atomic E-state index is -0.294. The molecule has 20 heavy (non-hydrogen) atoms. The number of ether oxygens (including phenoxy) is 1. The smallest absolute Gasteiger partial charge is 0.338 e. The number of nitrogen functional groups attached to an aromatic ring is 1. The minimum absolute atomic E-state index is 0.294. The molecule has 3 N–H and O–H groups in total. The van der Waals surface area contributed by atoms with Gasteiger partial charge >= 0.3 is 5.97 Å². The summed E-state index contributed by atoms with van der Waals surface area (Å²) in [5, 5.41) is 7.36. The van der Waals surface area contributed by atoms with Gasteiger partial charge in [0, 0.05) is 12.2 Å². The number of benzene rings is 1. The van der Waals surface area contributed by atoms with Crippen LogP contribution in [-0.4, -0.2) is 42.3 Å². The van der Waals surface area contributed by atoms with E-state index in [0.29, 0.717) is 17.9 Å². The lowest BCUT2D eigenvalue weighted by molar-refractivity contribution is 0.0466. The van der Waals surface area contributed by atoms with Crippen molar-refractivity contribution in [2.75, 3.05) is 32.0 Å². The topological polar surface area (TPSA) is 79.4 Å². The first-order valence-corrected chi connectivity index (χ1v) is 6.78. The normalized spacial score (nSPS) is 9.35. The summed E-state index contributed by atoms with van der Waals surface area (Å²) >= 11 is 3.81. The van der Waals surface area contributed by atoms with Gasteiger partial charge in [-0.15, -0.1) is 0 Å². The van der Waals surface area contributed by atoms with Crippen molar-refractivity contribution in [1.29, 1.82) is 5.41 Å². The molecule has 0 fully saturated rings. The zero-order valence-electron chi connectivity index (χ0n) is 11.9. The van der Waals surface area contributed by atoms with Crippen molar-refractivity contribution >= 4 is 29.0 Å². The molecule has 0 heterocycles. The van der Waals surface area contributed by atoms with E-state index < -0.39 is 0 Å². The van der Waals surface area contributed by atoms with E-state index >= 15 is 0 Å². The number of isothiocyanates is 1. The van der Waals surface area contributed by atoms with E-state index in [1.807, 2.05) is 0 Å². The maximum atomic E-state index is 11.6. The first-order chi connectivity index (χ1) is 9.58. The number of carbonyl (C=O) groups excluding carboxylic acids is 1. The number of nitrogens with two attached hydrogens (primary N) is 1. The van der Waals surface area contributed by atoms with Gasteiger partial charge in [0.15, 0.2) is 0 Å². The molecule has 6 heteroatoms. The quantitative estimate of drug-likeness (QED) is 0.365. The Morgan fingerprint density at radius 1 is 1.35 bits per heavy atom. The van der Waals surface area contributed by atoms with Crippen molar-refractivity contribution in [1.82, 2.24) is 4.90 Å². The van der Waals surface area contributed by atoms with Gasteiger partial charge in [0.1, 0.15) is 6.61 Å². The van der Waals surface area contributed by atoms with Crippen molar-refractivity contribution in [3.8, 4) is 0 Å². The zero-order valence-corrected chi connectivity index (χ0v) is 12.7. The first-order valence-electron chi connectivity index (χ1n) is 6.37. The van der Waals surface area contributed by atoms with Gasteiger partial charge in [-0.2, -0.15) is 0 Å². The van der Waals surface area contributed by atoms with Crippen LogP contribution in [0.1, 0.15) is 24.2 Å². The van der Waals surface area contributed by atoms with E-state index in [4.69, 9.17) is 15.9 Å². The Labute approximate surface area is 125 Å². The summed E-state index contributed by atoms with van der Waals surface area (Å²) in [6.45, 7) is 7.31. The molecule has 0 unspecified atom stereocenters. The first kappa shape index (κ1) is 18.2. The van der Waals surface area contributed by atoms with E-state index in [-0.39, 0.29) is 5.97 Å². The number of carbonyl (C=O) groups is 1. The number of hydrogen-bond donors (Lipinski definition) is 2. The maximum absolute atomic E-state index is 11.6.